The Labute approximate surface area is 74.0 Å². The predicted molar refractivity (Wildman–Crippen MR) is 46.1 cm³/mol. The number of tetrazole rings is 1. The van der Waals surface area contributed by atoms with E-state index in [2.05, 4.69) is 15.5 Å². The van der Waals surface area contributed by atoms with Gasteiger partial charge < -0.3 is 5.73 Å². The Hall–Kier alpha value is -1.11. The van der Waals surface area contributed by atoms with Gasteiger partial charge in [-0.1, -0.05) is 11.8 Å². The molecule has 0 amide bonds. The number of aromatic nitrogens is 4. The summed E-state index contributed by atoms with van der Waals surface area (Å²) in [6.45, 7) is 0. The van der Waals surface area contributed by atoms with Crippen molar-refractivity contribution in [3.8, 4) is 0 Å². The van der Waals surface area contributed by atoms with E-state index >= 15 is 0 Å². The Morgan fingerprint density at radius 3 is 3.00 bits per heavy atom. The van der Waals surface area contributed by atoms with E-state index in [-0.39, 0.29) is 5.84 Å². The first-order chi connectivity index (χ1) is 5.70. The highest BCUT2D eigenvalue weighted by molar-refractivity contribution is 7.99. The van der Waals surface area contributed by atoms with E-state index in [1.165, 1.54) is 11.8 Å². The van der Waals surface area contributed by atoms with E-state index in [4.69, 9.17) is 11.1 Å². The minimum absolute atomic E-state index is 0.192. The molecule has 1 heterocycles. The van der Waals surface area contributed by atoms with Gasteiger partial charge in [0, 0.05) is 19.2 Å². The number of rotatable bonds is 4. The van der Waals surface area contributed by atoms with Gasteiger partial charge in [-0.25, -0.2) is 4.68 Å². The van der Waals surface area contributed by atoms with Gasteiger partial charge in [0.2, 0.25) is 5.16 Å². The summed E-state index contributed by atoms with van der Waals surface area (Å²) >= 11 is 1.49. The van der Waals surface area contributed by atoms with E-state index in [1.807, 2.05) is 0 Å². The Bertz CT molecular complexity index is 269. The van der Waals surface area contributed by atoms with Crippen LogP contribution in [0.25, 0.3) is 0 Å². The number of hydrogen-bond donors (Lipinski definition) is 2. The molecule has 66 valence electrons. The molecule has 0 unspecified atom stereocenters. The molecule has 6 nitrogen and oxygen atoms in total. The summed E-state index contributed by atoms with van der Waals surface area (Å²) in [6, 6.07) is 0. The molecule has 0 fully saturated rings. The standard InChI is InChI=1S/C5H10N6S/c1-11-5(8-9-10-11)12-3-2-4(6)7/h2-3H2,1H3,(H3,6,7). The molecule has 1 rings (SSSR count). The number of nitrogens with two attached hydrogens (primary N) is 1. The van der Waals surface area contributed by atoms with Crippen molar-refractivity contribution in [3.63, 3.8) is 0 Å². The van der Waals surface area contributed by atoms with Gasteiger partial charge in [-0.15, -0.1) is 5.10 Å². The smallest absolute Gasteiger partial charge is 0.209 e. The summed E-state index contributed by atoms with van der Waals surface area (Å²) in [5, 5.41) is 18.6. The van der Waals surface area contributed by atoms with Crippen LogP contribution in [0.4, 0.5) is 0 Å². The second-order valence-corrected chi connectivity index (χ2v) is 3.27. The number of aryl methyl sites for hydroxylation is 1. The third-order valence-corrected chi connectivity index (χ3v) is 2.20. The lowest BCUT2D eigenvalue weighted by atomic mass is 10.5. The predicted octanol–water partition coefficient (Wildman–Crippen LogP) is -0.372. The Morgan fingerprint density at radius 2 is 2.50 bits per heavy atom. The first kappa shape index (κ1) is 8.98. The van der Waals surface area contributed by atoms with Crippen molar-refractivity contribution < 1.29 is 0 Å². The maximum absolute atomic E-state index is 6.98. The molecule has 0 aliphatic heterocycles. The third kappa shape index (κ3) is 2.50. The molecule has 0 saturated heterocycles. The van der Waals surface area contributed by atoms with E-state index in [9.17, 15) is 0 Å². The molecule has 0 saturated carbocycles. The van der Waals surface area contributed by atoms with Gasteiger partial charge in [-0.2, -0.15) is 0 Å². The summed E-state index contributed by atoms with van der Waals surface area (Å²) in [4.78, 5) is 0. The van der Waals surface area contributed by atoms with E-state index in [0.717, 1.165) is 10.9 Å². The zero-order chi connectivity index (χ0) is 8.97. The SMILES string of the molecule is Cn1nnnc1SCCC(=N)N. The average molecular weight is 186 g/mol. The average Bonchev–Trinajstić information content (AvgIpc) is 2.36. The zero-order valence-corrected chi connectivity index (χ0v) is 7.51. The third-order valence-electron chi connectivity index (χ3n) is 1.18. The minimum Gasteiger partial charge on any atom is -0.388 e. The molecule has 0 bridgehead atoms. The highest BCUT2D eigenvalue weighted by Crippen LogP contribution is 2.12. The van der Waals surface area contributed by atoms with Crippen molar-refractivity contribution in [2.45, 2.75) is 11.6 Å². The number of amidine groups is 1. The van der Waals surface area contributed by atoms with Gasteiger partial charge in [0.1, 0.15) is 0 Å². The number of hydrogen-bond acceptors (Lipinski definition) is 5. The number of nitrogens with one attached hydrogen (secondary N) is 1. The van der Waals surface area contributed by atoms with Crippen molar-refractivity contribution in [2.75, 3.05) is 5.75 Å². The van der Waals surface area contributed by atoms with Crippen LogP contribution in [0.15, 0.2) is 5.16 Å². The topological polar surface area (TPSA) is 93.5 Å². The zero-order valence-electron chi connectivity index (χ0n) is 6.69. The fourth-order valence-electron chi connectivity index (χ4n) is 0.596. The van der Waals surface area contributed by atoms with E-state index in [0.29, 0.717) is 6.42 Å². The second kappa shape index (κ2) is 4.05. The van der Waals surface area contributed by atoms with Crippen molar-refractivity contribution in [3.05, 3.63) is 0 Å². The molecular weight excluding hydrogens is 176 g/mol. The molecule has 12 heavy (non-hydrogen) atoms. The van der Waals surface area contributed by atoms with Gasteiger partial charge in [-0.3, -0.25) is 5.41 Å². The molecule has 3 N–H and O–H groups in total. The monoisotopic (exact) mass is 186 g/mol. The molecule has 0 aliphatic carbocycles. The second-order valence-electron chi connectivity index (χ2n) is 2.21. The number of nitrogens with zero attached hydrogens (tertiary/aromatic N) is 4. The summed E-state index contributed by atoms with van der Waals surface area (Å²) < 4.78 is 1.59. The fraction of sp³-hybridized carbons (Fsp3) is 0.600. The van der Waals surface area contributed by atoms with Gasteiger partial charge >= 0.3 is 0 Å². The first-order valence-electron chi connectivity index (χ1n) is 3.38. The molecule has 0 aliphatic rings. The maximum atomic E-state index is 6.98. The molecule has 0 radical (unpaired) electrons. The van der Waals surface area contributed by atoms with Gasteiger partial charge in [0.05, 0.1) is 5.84 Å². The van der Waals surface area contributed by atoms with Gasteiger partial charge in [0.25, 0.3) is 0 Å². The van der Waals surface area contributed by atoms with Crippen LogP contribution in [-0.4, -0.2) is 31.8 Å². The summed E-state index contributed by atoms with van der Waals surface area (Å²) in [7, 11) is 1.77. The van der Waals surface area contributed by atoms with Crippen LogP contribution < -0.4 is 5.73 Å². The van der Waals surface area contributed by atoms with Crippen molar-refractivity contribution in [1.29, 1.82) is 5.41 Å². The first-order valence-corrected chi connectivity index (χ1v) is 4.37. The van der Waals surface area contributed by atoms with Crippen LogP contribution >= 0.6 is 11.8 Å². The molecule has 0 spiro atoms. The van der Waals surface area contributed by atoms with Crippen LogP contribution in [-0.2, 0) is 7.05 Å². The Balaban J connectivity index is 2.33. The lowest BCUT2D eigenvalue weighted by Crippen LogP contribution is -2.10. The fourth-order valence-corrected chi connectivity index (χ4v) is 1.42. The van der Waals surface area contributed by atoms with Crippen LogP contribution in [0.3, 0.4) is 0 Å². The van der Waals surface area contributed by atoms with E-state index < -0.39 is 0 Å². The molecule has 0 aromatic carbocycles. The summed E-state index contributed by atoms with van der Waals surface area (Å²) in [5.41, 5.74) is 5.18. The molecular formula is C5H10N6S. The molecule has 7 heteroatoms. The molecule has 0 atom stereocenters. The van der Waals surface area contributed by atoms with Crippen LogP contribution in [0.2, 0.25) is 0 Å². The number of thioether (sulfide) groups is 1. The maximum Gasteiger partial charge on any atom is 0.209 e. The Morgan fingerprint density at radius 1 is 1.75 bits per heavy atom. The van der Waals surface area contributed by atoms with Crippen molar-refractivity contribution >= 4 is 17.6 Å². The summed E-state index contributed by atoms with van der Waals surface area (Å²) in [5.74, 6) is 0.932. The van der Waals surface area contributed by atoms with E-state index in [1.54, 1.807) is 11.7 Å². The van der Waals surface area contributed by atoms with Gasteiger partial charge in [0.15, 0.2) is 0 Å². The largest absolute Gasteiger partial charge is 0.388 e. The molecule has 1 aromatic heterocycles. The van der Waals surface area contributed by atoms with Gasteiger partial charge in [-0.05, 0) is 10.4 Å². The highest BCUT2D eigenvalue weighted by Gasteiger charge is 2.01. The highest BCUT2D eigenvalue weighted by atomic mass is 32.2. The van der Waals surface area contributed by atoms with Crippen molar-refractivity contribution in [2.24, 2.45) is 12.8 Å². The van der Waals surface area contributed by atoms with Crippen molar-refractivity contribution in [1.82, 2.24) is 20.2 Å². The summed E-state index contributed by atoms with van der Waals surface area (Å²) in [6.07, 6.45) is 0.567. The molecule has 1 aromatic rings. The Kier molecular flexibility index (Phi) is 3.03. The lowest BCUT2D eigenvalue weighted by molar-refractivity contribution is 0.664. The quantitative estimate of drug-likeness (QED) is 0.380. The normalized spacial score (nSPS) is 10.1. The van der Waals surface area contributed by atoms with Crippen LogP contribution in [0.5, 0.6) is 0 Å². The lowest BCUT2D eigenvalue weighted by Gasteiger charge is -1.96. The van der Waals surface area contributed by atoms with Crippen LogP contribution in [0, 0.1) is 5.41 Å². The minimum atomic E-state index is 0.192. The van der Waals surface area contributed by atoms with Crippen LogP contribution in [0.1, 0.15) is 6.42 Å².